The molecule has 0 saturated carbocycles. The molecular formula is C67H109N2O6P. The highest BCUT2D eigenvalue weighted by Crippen LogP contribution is 2.38. The van der Waals surface area contributed by atoms with E-state index in [1.165, 1.54) is 38.5 Å². The quantitative estimate of drug-likeness (QED) is 0.0272. The van der Waals surface area contributed by atoms with Gasteiger partial charge in [-0.2, -0.15) is 0 Å². The van der Waals surface area contributed by atoms with Gasteiger partial charge >= 0.3 is 0 Å². The fourth-order valence-electron chi connectivity index (χ4n) is 7.30. The number of likely N-dealkylation sites (N-methyl/N-ethyl adjacent to an activating group) is 1. The van der Waals surface area contributed by atoms with Crippen LogP contribution in [0.1, 0.15) is 194 Å². The fourth-order valence-corrected chi connectivity index (χ4v) is 8.03. The van der Waals surface area contributed by atoms with Crippen LogP contribution in [0.4, 0.5) is 0 Å². The number of quaternary nitrogens is 1. The van der Waals surface area contributed by atoms with Crippen LogP contribution in [0.15, 0.2) is 170 Å². The van der Waals surface area contributed by atoms with Crippen LogP contribution in [0.2, 0.25) is 0 Å². The monoisotopic (exact) mass is 1070 g/mol. The van der Waals surface area contributed by atoms with Crippen LogP contribution >= 0.6 is 7.82 Å². The van der Waals surface area contributed by atoms with E-state index >= 15 is 0 Å². The molecule has 428 valence electrons. The van der Waals surface area contributed by atoms with Gasteiger partial charge in [0.15, 0.2) is 0 Å². The van der Waals surface area contributed by atoms with Crippen LogP contribution in [-0.2, 0) is 18.4 Å². The molecule has 0 aliphatic heterocycles. The van der Waals surface area contributed by atoms with Gasteiger partial charge in [-0.1, -0.05) is 229 Å². The Bertz CT molecular complexity index is 1840. The molecule has 0 aromatic heterocycles. The van der Waals surface area contributed by atoms with E-state index in [-0.39, 0.29) is 12.5 Å². The van der Waals surface area contributed by atoms with E-state index in [4.69, 9.17) is 9.05 Å². The third-order valence-electron chi connectivity index (χ3n) is 11.9. The van der Waals surface area contributed by atoms with Crippen molar-refractivity contribution in [3.05, 3.63) is 170 Å². The van der Waals surface area contributed by atoms with E-state index in [0.717, 1.165) is 135 Å². The van der Waals surface area contributed by atoms with Crippen LogP contribution in [-0.4, -0.2) is 68.5 Å². The number of carbonyl (C=O) groups is 1. The van der Waals surface area contributed by atoms with Gasteiger partial charge in [-0.05, 0) is 128 Å². The SMILES string of the molecule is CC/C=C\C/C=C\C/C=C\C/C=C\C/C=C\C/C=C\C/C=C\C/C=C\C/C=C\C/C=C\C/C=C\CCCCCCCCCC(=O)NC(COP(=O)([O-])OCC[N+](C)(C)C)C(O)/C=C/CC/C=C/CC/C=C/CCCCC. The van der Waals surface area contributed by atoms with Crippen LogP contribution < -0.4 is 10.2 Å². The lowest BCUT2D eigenvalue weighted by Gasteiger charge is -2.29. The molecule has 0 bridgehead atoms. The minimum absolute atomic E-state index is 0.0205. The van der Waals surface area contributed by atoms with Gasteiger partial charge in [0.05, 0.1) is 39.9 Å². The molecule has 0 aromatic carbocycles. The number of carbonyl (C=O) groups excluding carboxylic acids is 1. The van der Waals surface area contributed by atoms with E-state index in [1.807, 2.05) is 27.2 Å². The van der Waals surface area contributed by atoms with Crippen molar-refractivity contribution in [1.82, 2.24) is 5.32 Å². The first-order chi connectivity index (χ1) is 37.0. The molecule has 0 radical (unpaired) electrons. The molecule has 9 heteroatoms. The van der Waals surface area contributed by atoms with Gasteiger partial charge in [-0.3, -0.25) is 9.36 Å². The molecule has 0 spiro atoms. The van der Waals surface area contributed by atoms with Gasteiger partial charge in [0.1, 0.15) is 13.2 Å². The van der Waals surface area contributed by atoms with E-state index < -0.39 is 26.6 Å². The molecule has 0 fully saturated rings. The molecule has 0 rings (SSSR count). The molecule has 1 amide bonds. The summed E-state index contributed by atoms with van der Waals surface area (Å²) in [7, 11) is 1.20. The summed E-state index contributed by atoms with van der Waals surface area (Å²) in [6.45, 7) is 4.43. The number of hydrogen-bond acceptors (Lipinski definition) is 6. The summed E-state index contributed by atoms with van der Waals surface area (Å²) >= 11 is 0. The topological polar surface area (TPSA) is 108 Å². The zero-order chi connectivity index (χ0) is 55.6. The predicted molar refractivity (Wildman–Crippen MR) is 329 cm³/mol. The first-order valence-corrected chi connectivity index (χ1v) is 31.0. The number of nitrogens with zero attached hydrogens (tertiary/aromatic N) is 1. The Balaban J connectivity index is 4.17. The first-order valence-electron chi connectivity index (χ1n) is 29.5. The Hall–Kier alpha value is -4.14. The summed E-state index contributed by atoms with van der Waals surface area (Å²) in [6.07, 6.45) is 88.7. The van der Waals surface area contributed by atoms with Crippen molar-refractivity contribution in [3.63, 3.8) is 0 Å². The Labute approximate surface area is 466 Å². The summed E-state index contributed by atoms with van der Waals surface area (Å²) in [5, 5.41) is 13.8. The maximum absolute atomic E-state index is 12.9. The van der Waals surface area contributed by atoms with Gasteiger partial charge in [0, 0.05) is 6.42 Å². The molecule has 0 heterocycles. The second kappa shape index (κ2) is 55.6. The van der Waals surface area contributed by atoms with E-state index in [9.17, 15) is 19.4 Å². The van der Waals surface area contributed by atoms with Crippen molar-refractivity contribution in [3.8, 4) is 0 Å². The molecule has 2 N–H and O–H groups in total. The normalized spacial score (nSPS) is 15.1. The molecule has 0 aliphatic carbocycles. The second-order valence-electron chi connectivity index (χ2n) is 20.2. The van der Waals surface area contributed by atoms with E-state index in [2.05, 4.69) is 177 Å². The number of phosphoric ester groups is 1. The van der Waals surface area contributed by atoms with E-state index in [1.54, 1.807) is 6.08 Å². The smallest absolute Gasteiger partial charge is 0.268 e. The maximum atomic E-state index is 12.9. The highest BCUT2D eigenvalue weighted by Gasteiger charge is 2.23. The zero-order valence-electron chi connectivity index (χ0n) is 48.6. The van der Waals surface area contributed by atoms with Crippen molar-refractivity contribution >= 4 is 13.7 Å². The lowest BCUT2D eigenvalue weighted by atomic mass is 10.1. The largest absolute Gasteiger partial charge is 0.756 e. The summed E-state index contributed by atoms with van der Waals surface area (Å²) in [4.78, 5) is 25.4. The van der Waals surface area contributed by atoms with E-state index in [0.29, 0.717) is 17.4 Å². The van der Waals surface area contributed by atoms with Crippen molar-refractivity contribution in [2.45, 2.75) is 206 Å². The van der Waals surface area contributed by atoms with Crippen LogP contribution in [0.5, 0.6) is 0 Å². The highest BCUT2D eigenvalue weighted by atomic mass is 31.2. The lowest BCUT2D eigenvalue weighted by Crippen LogP contribution is -2.45. The average Bonchev–Trinajstić information content (AvgIpc) is 3.38. The zero-order valence-corrected chi connectivity index (χ0v) is 49.5. The van der Waals surface area contributed by atoms with Gasteiger partial charge in [-0.25, -0.2) is 0 Å². The molecular weight excluding hydrogens is 960 g/mol. The number of aliphatic hydroxyl groups is 1. The van der Waals surface area contributed by atoms with Gasteiger partial charge in [-0.15, -0.1) is 0 Å². The number of aliphatic hydroxyl groups excluding tert-OH is 1. The summed E-state index contributed by atoms with van der Waals surface area (Å²) < 4.78 is 23.2. The molecule has 3 unspecified atom stereocenters. The minimum Gasteiger partial charge on any atom is -0.756 e. The third kappa shape index (κ3) is 57.6. The van der Waals surface area contributed by atoms with Crippen molar-refractivity contribution in [1.29, 1.82) is 0 Å². The minimum atomic E-state index is -4.62. The van der Waals surface area contributed by atoms with Crippen molar-refractivity contribution in [2.75, 3.05) is 40.9 Å². The maximum Gasteiger partial charge on any atom is 0.268 e. The predicted octanol–water partition coefficient (Wildman–Crippen LogP) is 17.8. The number of phosphoric acid groups is 1. The number of amides is 1. The third-order valence-corrected chi connectivity index (χ3v) is 12.9. The standard InChI is InChI=1S/C67H109N2O6P/c1-6-8-10-12-14-16-18-20-21-22-23-24-25-26-27-28-29-30-31-32-33-34-35-36-37-38-39-40-41-42-43-44-45-46-47-49-51-53-55-57-59-61-67(71)68-65(64-75-76(72,73)74-63-62-69(3,4)5)66(70)60-58-56-54-52-50-48-19-17-15-13-11-9-7-2/h8,10,14-17,20-21,23-24,26-27,29-30,32-33,35-36,38-39,41-42,44-45,50,52,58,60,65-66,70H,6-7,9,11-13,18-19,22,25,28,31,34,37,40,43,46-49,51,53-57,59,61-64H2,1-5H3,(H-,68,71,72,73)/b10-8-,16-14-,17-15+,21-20-,24-23-,27-26-,30-29-,33-32-,36-35-,39-38-,42-41-,45-44-,52-50+,60-58+. The molecule has 0 saturated heterocycles. The van der Waals surface area contributed by atoms with Crippen molar-refractivity contribution < 1.29 is 32.9 Å². The van der Waals surface area contributed by atoms with Crippen molar-refractivity contribution in [2.24, 2.45) is 0 Å². The van der Waals surface area contributed by atoms with Gasteiger partial charge < -0.3 is 28.8 Å². The number of hydrogen-bond donors (Lipinski definition) is 2. The second-order valence-corrected chi connectivity index (χ2v) is 21.7. The molecule has 0 aliphatic rings. The Kier molecular flexibility index (Phi) is 52.6. The van der Waals surface area contributed by atoms with Gasteiger partial charge in [0.25, 0.3) is 7.82 Å². The van der Waals surface area contributed by atoms with Crippen LogP contribution in [0.3, 0.4) is 0 Å². The Morgan fingerprint density at radius 1 is 0.474 bits per heavy atom. The van der Waals surface area contributed by atoms with Crippen LogP contribution in [0.25, 0.3) is 0 Å². The van der Waals surface area contributed by atoms with Crippen LogP contribution in [0, 0.1) is 0 Å². The van der Waals surface area contributed by atoms with Gasteiger partial charge in [0.2, 0.25) is 5.91 Å². The first kappa shape index (κ1) is 71.9. The number of allylic oxidation sites excluding steroid dienone is 27. The Morgan fingerprint density at radius 3 is 1.22 bits per heavy atom. The number of nitrogens with one attached hydrogen (secondary N) is 1. The summed E-state index contributed by atoms with van der Waals surface area (Å²) in [6, 6.07) is -0.927. The number of unbranched alkanes of at least 4 members (excludes halogenated alkanes) is 12. The summed E-state index contributed by atoms with van der Waals surface area (Å²) in [5.41, 5.74) is 0. The average molecular weight is 1070 g/mol. The highest BCUT2D eigenvalue weighted by molar-refractivity contribution is 7.45. The summed E-state index contributed by atoms with van der Waals surface area (Å²) in [5.74, 6) is -0.232. The molecule has 76 heavy (non-hydrogen) atoms. The lowest BCUT2D eigenvalue weighted by molar-refractivity contribution is -0.870. The Morgan fingerprint density at radius 2 is 0.816 bits per heavy atom. The molecule has 0 aromatic rings. The molecule has 8 nitrogen and oxygen atoms in total. The molecule has 3 atom stereocenters. The fraction of sp³-hybridized carbons (Fsp3) is 0.567. The number of rotatable bonds is 51.